The summed E-state index contributed by atoms with van der Waals surface area (Å²) in [6.45, 7) is 2.72. The third kappa shape index (κ3) is 4.23. The summed E-state index contributed by atoms with van der Waals surface area (Å²) in [5, 5.41) is 12.5. The highest BCUT2D eigenvalue weighted by Crippen LogP contribution is 2.14. The number of aliphatic hydroxyl groups is 1. The monoisotopic (exact) mass is 270 g/mol. The maximum absolute atomic E-state index is 13.6. The molecule has 1 unspecified atom stereocenters. The first-order valence-electron chi connectivity index (χ1n) is 6.69. The summed E-state index contributed by atoms with van der Waals surface area (Å²) in [4.78, 5) is 2.00. The molecular weight excluding hydrogens is 250 g/mol. The number of nitrogens with zero attached hydrogens (tertiary/aromatic N) is 1. The van der Waals surface area contributed by atoms with E-state index in [1.54, 1.807) is 0 Å². The molecule has 0 aliphatic carbocycles. The summed E-state index contributed by atoms with van der Waals surface area (Å²) >= 11 is 0. The second kappa shape index (κ2) is 6.93. The van der Waals surface area contributed by atoms with Gasteiger partial charge in [0.15, 0.2) is 0 Å². The van der Waals surface area contributed by atoms with Crippen LogP contribution >= 0.6 is 0 Å². The average Bonchev–Trinajstić information content (AvgIpc) is 2.86. The third-order valence-corrected chi connectivity index (χ3v) is 3.47. The lowest BCUT2D eigenvalue weighted by Crippen LogP contribution is -2.38. The molecule has 3 nitrogen and oxygen atoms in total. The highest BCUT2D eigenvalue weighted by Gasteiger charge is 2.18. The summed E-state index contributed by atoms with van der Waals surface area (Å²) in [6.07, 6.45) is 2.26. The molecule has 1 aromatic rings. The van der Waals surface area contributed by atoms with Crippen LogP contribution in [0.15, 0.2) is 18.2 Å². The van der Waals surface area contributed by atoms with Gasteiger partial charge in [0, 0.05) is 37.3 Å². The Bertz CT molecular complexity index is 408. The van der Waals surface area contributed by atoms with Crippen molar-refractivity contribution >= 4 is 0 Å². The van der Waals surface area contributed by atoms with Crippen LogP contribution < -0.4 is 5.32 Å². The van der Waals surface area contributed by atoms with E-state index in [2.05, 4.69) is 5.32 Å². The van der Waals surface area contributed by atoms with Crippen molar-refractivity contribution in [3.8, 4) is 0 Å². The van der Waals surface area contributed by atoms with Crippen LogP contribution in [0, 0.1) is 11.6 Å². The van der Waals surface area contributed by atoms with Gasteiger partial charge in [0.05, 0.1) is 6.61 Å². The van der Waals surface area contributed by atoms with E-state index in [4.69, 9.17) is 5.11 Å². The second-order valence-electron chi connectivity index (χ2n) is 4.99. The number of hydrogen-bond acceptors (Lipinski definition) is 3. The standard InChI is InChI=1S/C14H20F2N2O/c15-12-4-3-11(14(16)8-12)9-18(6-7-19)10-13-2-1-5-17-13/h3-4,8,13,17,19H,1-2,5-7,9-10H2. The summed E-state index contributed by atoms with van der Waals surface area (Å²) in [6, 6.07) is 4.04. The molecule has 106 valence electrons. The molecule has 2 rings (SSSR count). The van der Waals surface area contributed by atoms with Crippen molar-refractivity contribution in [2.45, 2.75) is 25.4 Å². The molecule has 0 radical (unpaired) electrons. The fourth-order valence-corrected chi connectivity index (χ4v) is 2.49. The van der Waals surface area contributed by atoms with Crippen LogP contribution in [0.25, 0.3) is 0 Å². The molecule has 1 aliphatic heterocycles. The molecule has 0 saturated carbocycles. The number of hydrogen-bond donors (Lipinski definition) is 2. The van der Waals surface area contributed by atoms with Gasteiger partial charge in [-0.15, -0.1) is 0 Å². The Morgan fingerprint density at radius 1 is 1.37 bits per heavy atom. The molecule has 1 fully saturated rings. The van der Waals surface area contributed by atoms with Crippen molar-refractivity contribution in [2.24, 2.45) is 0 Å². The molecule has 1 saturated heterocycles. The van der Waals surface area contributed by atoms with Gasteiger partial charge in [0.2, 0.25) is 0 Å². The van der Waals surface area contributed by atoms with Crippen molar-refractivity contribution in [1.29, 1.82) is 0 Å². The van der Waals surface area contributed by atoms with Gasteiger partial charge in [0.1, 0.15) is 11.6 Å². The van der Waals surface area contributed by atoms with E-state index >= 15 is 0 Å². The van der Waals surface area contributed by atoms with Crippen molar-refractivity contribution in [3.05, 3.63) is 35.4 Å². The summed E-state index contributed by atoms with van der Waals surface area (Å²) in [5.74, 6) is -1.09. The van der Waals surface area contributed by atoms with E-state index in [-0.39, 0.29) is 6.61 Å². The molecule has 19 heavy (non-hydrogen) atoms. The van der Waals surface area contributed by atoms with Gasteiger partial charge in [0.25, 0.3) is 0 Å². The third-order valence-electron chi connectivity index (χ3n) is 3.47. The zero-order valence-corrected chi connectivity index (χ0v) is 10.9. The zero-order chi connectivity index (χ0) is 13.7. The molecule has 1 aromatic carbocycles. The van der Waals surface area contributed by atoms with E-state index in [1.165, 1.54) is 12.1 Å². The van der Waals surface area contributed by atoms with Crippen molar-refractivity contribution in [2.75, 3.05) is 26.2 Å². The average molecular weight is 270 g/mol. The van der Waals surface area contributed by atoms with Crippen LogP contribution in [0.2, 0.25) is 0 Å². The number of aliphatic hydroxyl groups excluding tert-OH is 1. The molecule has 0 aromatic heterocycles. The van der Waals surface area contributed by atoms with Gasteiger partial charge in [-0.05, 0) is 25.5 Å². The lowest BCUT2D eigenvalue weighted by Gasteiger charge is -2.25. The molecule has 0 spiro atoms. The number of rotatable bonds is 6. The lowest BCUT2D eigenvalue weighted by atomic mass is 10.1. The van der Waals surface area contributed by atoms with Gasteiger partial charge in [-0.2, -0.15) is 0 Å². The Morgan fingerprint density at radius 2 is 2.21 bits per heavy atom. The molecule has 1 aliphatic rings. The Labute approximate surface area is 112 Å². The number of benzene rings is 1. The highest BCUT2D eigenvalue weighted by atomic mass is 19.1. The summed E-state index contributed by atoms with van der Waals surface area (Å²) in [7, 11) is 0. The van der Waals surface area contributed by atoms with Crippen molar-refractivity contribution in [3.63, 3.8) is 0 Å². The SMILES string of the molecule is OCCN(Cc1ccc(F)cc1F)CC1CCCN1. The minimum absolute atomic E-state index is 0.0372. The van der Waals surface area contributed by atoms with Gasteiger partial charge in [-0.1, -0.05) is 6.07 Å². The molecule has 0 bridgehead atoms. The van der Waals surface area contributed by atoms with Crippen LogP contribution in [0.3, 0.4) is 0 Å². The predicted octanol–water partition coefficient (Wildman–Crippen LogP) is 1.51. The first kappa shape index (κ1) is 14.4. The maximum Gasteiger partial charge on any atom is 0.130 e. The van der Waals surface area contributed by atoms with E-state index in [9.17, 15) is 8.78 Å². The normalized spacial score (nSPS) is 19.3. The van der Waals surface area contributed by atoms with Crippen LogP contribution in [-0.4, -0.2) is 42.3 Å². The Balaban J connectivity index is 1.98. The van der Waals surface area contributed by atoms with Crippen molar-refractivity contribution in [1.82, 2.24) is 10.2 Å². The number of halogens is 2. The molecular formula is C14H20F2N2O. The lowest BCUT2D eigenvalue weighted by molar-refractivity contribution is 0.177. The smallest absolute Gasteiger partial charge is 0.130 e. The topological polar surface area (TPSA) is 35.5 Å². The highest BCUT2D eigenvalue weighted by molar-refractivity contribution is 5.18. The van der Waals surface area contributed by atoms with Crippen LogP contribution in [0.4, 0.5) is 8.78 Å². The molecule has 1 heterocycles. The minimum Gasteiger partial charge on any atom is -0.395 e. The Hall–Kier alpha value is -1.04. The van der Waals surface area contributed by atoms with E-state index in [0.717, 1.165) is 32.0 Å². The van der Waals surface area contributed by atoms with Gasteiger partial charge >= 0.3 is 0 Å². The largest absolute Gasteiger partial charge is 0.395 e. The number of nitrogens with one attached hydrogen (secondary N) is 1. The Kier molecular flexibility index (Phi) is 5.24. The predicted molar refractivity (Wildman–Crippen MR) is 69.7 cm³/mol. The molecule has 1 atom stereocenters. The molecule has 5 heteroatoms. The van der Waals surface area contributed by atoms with Crippen molar-refractivity contribution < 1.29 is 13.9 Å². The minimum atomic E-state index is -0.563. The fourth-order valence-electron chi connectivity index (χ4n) is 2.49. The first-order chi connectivity index (χ1) is 9.19. The van der Waals surface area contributed by atoms with Crippen LogP contribution in [-0.2, 0) is 6.54 Å². The van der Waals surface area contributed by atoms with Crippen LogP contribution in [0.1, 0.15) is 18.4 Å². The zero-order valence-electron chi connectivity index (χ0n) is 10.9. The van der Waals surface area contributed by atoms with Crippen LogP contribution in [0.5, 0.6) is 0 Å². The first-order valence-corrected chi connectivity index (χ1v) is 6.69. The van der Waals surface area contributed by atoms with E-state index < -0.39 is 11.6 Å². The molecule has 0 amide bonds. The molecule has 2 N–H and O–H groups in total. The maximum atomic E-state index is 13.6. The quantitative estimate of drug-likeness (QED) is 0.822. The second-order valence-corrected chi connectivity index (χ2v) is 4.99. The Morgan fingerprint density at radius 3 is 2.84 bits per heavy atom. The van der Waals surface area contributed by atoms with Gasteiger partial charge < -0.3 is 10.4 Å². The summed E-state index contributed by atoms with van der Waals surface area (Å²) in [5.41, 5.74) is 0.466. The van der Waals surface area contributed by atoms with Gasteiger partial charge in [-0.25, -0.2) is 8.78 Å². The van der Waals surface area contributed by atoms with Gasteiger partial charge in [-0.3, -0.25) is 4.90 Å². The van der Waals surface area contributed by atoms with E-state index in [0.29, 0.717) is 24.7 Å². The fraction of sp³-hybridized carbons (Fsp3) is 0.571. The van der Waals surface area contributed by atoms with E-state index in [1.807, 2.05) is 4.90 Å². The summed E-state index contributed by atoms with van der Waals surface area (Å²) < 4.78 is 26.5.